The number of ether oxygens (including phenoxy) is 2. The van der Waals surface area contributed by atoms with E-state index in [9.17, 15) is 76.0 Å². The van der Waals surface area contributed by atoms with Crippen molar-refractivity contribution < 1.29 is 121 Å². The summed E-state index contributed by atoms with van der Waals surface area (Å²) in [5, 5.41) is 27.2. The summed E-state index contributed by atoms with van der Waals surface area (Å²) in [5.74, 6) is 0. The van der Waals surface area contributed by atoms with Gasteiger partial charge in [0.05, 0.1) is 6.10 Å². The van der Waals surface area contributed by atoms with E-state index in [4.69, 9.17) is 29.0 Å². The Hall–Kier alpha value is -1.40. The van der Waals surface area contributed by atoms with Gasteiger partial charge in [0.2, 0.25) is 11.3 Å². The van der Waals surface area contributed by atoms with Gasteiger partial charge in [-0.3, -0.25) is 28.6 Å². The number of nitrogens with zero attached hydrogens (tertiary/aromatic N) is 4. The molecule has 6 unspecified atom stereocenters. The average Bonchev–Trinajstić information content (AvgIpc) is 3.50. The number of halogens is 4. The van der Waals surface area contributed by atoms with E-state index in [2.05, 4.69) is 53.5 Å². The van der Waals surface area contributed by atoms with Crippen molar-refractivity contribution in [2.24, 2.45) is 0 Å². The number of rotatable bonds is 18. The Morgan fingerprint density at radius 1 is 0.723 bits per heavy atom. The normalized spacial score (nSPS) is 30.5. The Bertz CT molecular complexity index is 2610. The first-order chi connectivity index (χ1) is 29.1. The molecule has 32 nitrogen and oxygen atoms in total. The summed E-state index contributed by atoms with van der Waals surface area (Å²) in [6.07, 6.45) is -14.3. The third kappa shape index (κ3) is 15.0. The van der Waals surface area contributed by atoms with Gasteiger partial charge in [-0.25, -0.2) is 54.0 Å². The first-order valence-electron chi connectivity index (χ1n) is 16.4. The highest BCUT2D eigenvalue weighted by Gasteiger charge is 2.65. The second-order valence-corrected chi connectivity index (χ2v) is 25.9. The molecule has 374 valence electrons. The standard InChI is InChI=1S/C11H19F2N3O13P4.C10H17F2N3O13P4/c1-10(2,27-31(20,21)28-32(22,23)29-33(24,25)30)7-6(18)11(13,4-12)8(26-7)16-9(19)15-5(17)3-14-16;1-4(26-30(19,20)27-31(21,22)28-32(23,24)29)6-7(17)10(12,3-11)8(25-6)15-9(18)14-5(16)2-13-15/h3,6-8,18,24-25,30H,4H2,1-2H3,(H,20,21)(H,22,23)(H,15,17,19);2,4,6-8,17,23-24,29H,3H2,1H3,(H,19,20)(H,21,22)(H,14,16,18)/t6-,7-,8+,11?;4-,6-,7+,8-,10?/m01/s1. The van der Waals surface area contributed by atoms with Crippen LogP contribution in [0.4, 0.5) is 17.6 Å². The van der Waals surface area contributed by atoms with Crippen LogP contribution < -0.4 is 22.5 Å². The molecule has 13 atom stereocenters. The van der Waals surface area contributed by atoms with E-state index in [1.165, 1.54) is 0 Å². The minimum Gasteiger partial charge on any atom is -0.387 e. The van der Waals surface area contributed by atoms with Gasteiger partial charge in [0.25, 0.3) is 25.6 Å². The Morgan fingerprint density at radius 2 is 1.11 bits per heavy atom. The van der Waals surface area contributed by atoms with Gasteiger partial charge in [-0.1, -0.05) is 0 Å². The third-order valence-corrected chi connectivity index (χ3v) is 17.5. The zero-order chi connectivity index (χ0) is 50.3. The number of alkyl halides is 4. The van der Waals surface area contributed by atoms with Gasteiger partial charge in [-0.15, -0.1) is 0 Å². The molecule has 0 bridgehead atoms. The van der Waals surface area contributed by atoms with Gasteiger partial charge >= 0.3 is 42.7 Å². The van der Waals surface area contributed by atoms with Crippen LogP contribution in [0.15, 0.2) is 31.6 Å². The monoisotopic (exact) mass is 1110 g/mol. The predicted octanol–water partition coefficient (Wildman–Crippen LogP) is -0.986. The summed E-state index contributed by atoms with van der Waals surface area (Å²) in [6, 6.07) is 0. The molecule has 0 aromatic carbocycles. The van der Waals surface area contributed by atoms with E-state index in [1.807, 2.05) is 0 Å². The molecule has 65 heavy (non-hydrogen) atoms. The van der Waals surface area contributed by atoms with Crippen molar-refractivity contribution in [2.75, 3.05) is 13.3 Å². The van der Waals surface area contributed by atoms with Gasteiger partial charge in [0.15, 0.2) is 12.5 Å². The summed E-state index contributed by atoms with van der Waals surface area (Å²) in [5.41, 5.74) is -13.6. The first kappa shape index (κ1) is 57.9. The number of aliphatic hydroxyl groups is 2. The maximum atomic E-state index is 15.3. The molecule has 0 saturated carbocycles. The number of phosphoric acid groups is 4. The number of aromatic amines is 2. The maximum absolute atomic E-state index is 15.3. The Morgan fingerprint density at radius 3 is 1.49 bits per heavy atom. The summed E-state index contributed by atoms with van der Waals surface area (Å²) < 4.78 is 140. The van der Waals surface area contributed by atoms with Gasteiger partial charge in [0.1, 0.15) is 55.8 Å². The molecule has 44 heteroatoms. The van der Waals surface area contributed by atoms with E-state index in [0.717, 1.165) is 20.8 Å². The van der Waals surface area contributed by atoms with E-state index in [-0.39, 0.29) is 9.36 Å². The van der Waals surface area contributed by atoms with E-state index in [1.54, 1.807) is 9.97 Å². The number of H-pyrrole nitrogens is 2. The van der Waals surface area contributed by atoms with Crippen molar-refractivity contribution in [2.45, 2.75) is 80.7 Å². The molecule has 0 radical (unpaired) electrons. The molecule has 2 aromatic heterocycles. The minimum atomic E-state index is -5.66. The lowest BCUT2D eigenvalue weighted by Crippen LogP contribution is -2.51. The predicted molar refractivity (Wildman–Crippen MR) is 206 cm³/mol. The lowest BCUT2D eigenvalue weighted by molar-refractivity contribution is -0.123. The topological polar surface area (TPSA) is 480 Å². The van der Waals surface area contributed by atoms with Crippen molar-refractivity contribution in [3.8, 4) is 0 Å². The van der Waals surface area contributed by atoms with Crippen LogP contribution in [-0.2, 0) is 54.0 Å². The molecule has 4 rings (SSSR count). The first-order valence-corrected chi connectivity index (χ1v) is 28.3. The molecule has 2 aliphatic rings. The Kier molecular flexibility index (Phi) is 18.3. The zero-order valence-corrected chi connectivity index (χ0v) is 39.5. The maximum Gasteiger partial charge on any atom is 0.488 e. The number of hydrogen-bond donors (Lipinski definition) is 12. The van der Waals surface area contributed by atoms with Crippen molar-refractivity contribution in [3.63, 3.8) is 0 Å². The number of hydrogen-bond acceptors (Lipinski definition) is 20. The molecule has 0 amide bonds. The largest absolute Gasteiger partial charge is 0.488 e. The number of phosphoric ester groups is 2. The van der Waals surface area contributed by atoms with E-state index >= 15 is 8.78 Å². The summed E-state index contributed by atoms with van der Waals surface area (Å²) in [7, 11) is -27.4. The van der Waals surface area contributed by atoms with Gasteiger partial charge < -0.3 is 58.8 Å². The highest BCUT2D eigenvalue weighted by molar-refractivity contribution is 7.91. The number of aromatic nitrogens is 6. The minimum absolute atomic E-state index is 0.170. The fraction of sp³-hybridized carbons (Fsp3) is 0.714. The Balaban J connectivity index is 0.000000345. The second kappa shape index (κ2) is 20.5. The molecule has 2 aliphatic heterocycles. The second-order valence-electron chi connectivity index (χ2n) is 13.4. The van der Waals surface area contributed by atoms with E-state index in [0.29, 0.717) is 12.4 Å². The van der Waals surface area contributed by atoms with Crippen LogP contribution in [0, 0.1) is 0 Å². The lowest BCUT2D eigenvalue weighted by atomic mass is 9.90. The van der Waals surface area contributed by atoms with Gasteiger partial charge in [-0.2, -0.15) is 28.2 Å². The molecule has 0 aliphatic carbocycles. The number of nitrogens with one attached hydrogen (secondary N) is 2. The van der Waals surface area contributed by atoms with Crippen molar-refractivity contribution >= 4 is 62.8 Å². The van der Waals surface area contributed by atoms with Crippen LogP contribution >= 0.6 is 62.8 Å². The van der Waals surface area contributed by atoms with Crippen molar-refractivity contribution in [1.82, 2.24) is 29.5 Å². The van der Waals surface area contributed by atoms with Crippen LogP contribution in [-0.4, -0.2) is 140 Å². The average molecular weight is 1110 g/mol. The molecule has 4 heterocycles. The molecule has 2 saturated heterocycles. The molecule has 0 spiro atoms. The smallest absolute Gasteiger partial charge is 0.387 e. The fourth-order valence-corrected chi connectivity index (χ4v) is 14.0. The molecule has 12 N–H and O–H groups in total. The summed E-state index contributed by atoms with van der Waals surface area (Å²) >= 11 is 0. The highest BCUT2D eigenvalue weighted by atomic mass is 31.8. The van der Waals surface area contributed by atoms with Crippen LogP contribution in [0.5, 0.6) is 0 Å². The lowest BCUT2D eigenvalue weighted by Gasteiger charge is -2.34. The zero-order valence-electron chi connectivity index (χ0n) is 32.1. The third-order valence-electron chi connectivity index (χ3n) is 7.94. The molecular formula is C21H36F4N6O26P8. The number of aliphatic hydroxyl groups excluding tert-OH is 2. The van der Waals surface area contributed by atoms with Gasteiger partial charge in [0, 0.05) is 0 Å². The summed E-state index contributed by atoms with van der Waals surface area (Å²) in [4.78, 5) is 123. The van der Waals surface area contributed by atoms with Crippen molar-refractivity contribution in [1.29, 1.82) is 0 Å². The highest BCUT2D eigenvalue weighted by Crippen LogP contribution is 2.70. The fourth-order valence-electron chi connectivity index (χ4n) is 5.49. The van der Waals surface area contributed by atoms with Crippen molar-refractivity contribution in [3.05, 3.63) is 54.1 Å². The van der Waals surface area contributed by atoms with Crippen LogP contribution in [0.25, 0.3) is 0 Å². The van der Waals surface area contributed by atoms with Crippen LogP contribution in [0.2, 0.25) is 0 Å². The van der Waals surface area contributed by atoms with E-state index < -0.39 is 142 Å². The van der Waals surface area contributed by atoms with Crippen LogP contribution in [0.1, 0.15) is 33.2 Å². The molecular weight excluding hydrogens is 1080 g/mol. The van der Waals surface area contributed by atoms with Gasteiger partial charge in [-0.05, 0) is 37.8 Å². The quantitative estimate of drug-likeness (QED) is 0.0630. The summed E-state index contributed by atoms with van der Waals surface area (Å²) in [6.45, 7) is -1.20. The molecule has 2 aromatic rings. The Labute approximate surface area is 361 Å². The van der Waals surface area contributed by atoms with Crippen LogP contribution in [0.3, 0.4) is 0 Å². The SMILES string of the molecule is CC(C)(OP(=O)(O)OP(=O)(O)OP(O)(O)=P)[C@H]1O[C@@H](n2ncc(=O)[nH]c2=O)C(F)(CF)[C@H]1O.C[C@@H](OP(=O)(O)OP(=O)(O)OP(O)(O)=P)[C@H]1O[C@@H](n2ncc(=O)[nH]c2=O)C(F)(CF)[C@H]1O. The molecule has 2 fully saturated rings.